The van der Waals surface area contributed by atoms with Crippen LogP contribution in [-0.4, -0.2) is 29.9 Å². The van der Waals surface area contributed by atoms with E-state index in [2.05, 4.69) is 0 Å². The van der Waals surface area contributed by atoms with Crippen LogP contribution < -0.4 is 0 Å². The van der Waals surface area contributed by atoms with Crippen LogP contribution in [0.4, 0.5) is 0 Å². The van der Waals surface area contributed by atoms with E-state index in [1.54, 1.807) is 27.7 Å². The van der Waals surface area contributed by atoms with Crippen LogP contribution in [0.2, 0.25) is 0 Å². The van der Waals surface area contributed by atoms with Gasteiger partial charge in [0.1, 0.15) is 16.8 Å². The van der Waals surface area contributed by atoms with Gasteiger partial charge in [-0.3, -0.25) is 14.4 Å². The van der Waals surface area contributed by atoms with Gasteiger partial charge in [0.2, 0.25) is 0 Å². The molecule has 5 heteroatoms. The largest absolute Gasteiger partial charge is 0.464 e. The van der Waals surface area contributed by atoms with Crippen molar-refractivity contribution in [2.24, 2.45) is 11.3 Å². The van der Waals surface area contributed by atoms with Crippen molar-refractivity contribution in [3.05, 3.63) is 0 Å². The van der Waals surface area contributed by atoms with Crippen molar-refractivity contribution < 1.29 is 23.9 Å². The summed E-state index contributed by atoms with van der Waals surface area (Å²) in [5.74, 6) is -1.62. The molecule has 1 heterocycles. The fourth-order valence-corrected chi connectivity index (χ4v) is 2.63. The van der Waals surface area contributed by atoms with Crippen molar-refractivity contribution in [3.8, 4) is 0 Å². The van der Waals surface area contributed by atoms with E-state index < -0.39 is 28.9 Å². The number of Topliss-reactive ketones (excluding diaryl/α,β-unsaturated/α-hetero) is 1. The Morgan fingerprint density at radius 2 is 2.06 bits per heavy atom. The van der Waals surface area contributed by atoms with Gasteiger partial charge in [0.25, 0.3) is 0 Å². The molecule has 0 saturated carbocycles. The van der Waals surface area contributed by atoms with Gasteiger partial charge < -0.3 is 9.47 Å². The Labute approximate surface area is 107 Å². The van der Waals surface area contributed by atoms with E-state index in [0.717, 1.165) is 0 Å². The molecule has 2 atom stereocenters. The number of hydrogen-bond acceptors (Lipinski definition) is 5. The molecule has 0 amide bonds. The first kappa shape index (κ1) is 14.7. The van der Waals surface area contributed by atoms with Gasteiger partial charge in [-0.2, -0.15) is 0 Å². The van der Waals surface area contributed by atoms with E-state index in [-0.39, 0.29) is 18.8 Å². The smallest absolute Gasteiger partial charge is 0.319 e. The van der Waals surface area contributed by atoms with Crippen molar-refractivity contribution in [2.45, 2.75) is 46.6 Å². The van der Waals surface area contributed by atoms with Gasteiger partial charge in [0, 0.05) is 13.3 Å². The summed E-state index contributed by atoms with van der Waals surface area (Å²) in [6.07, 6.45) is 0.248. The standard InChI is InChI=1S/C13H20O5/c1-6-10(15)13(5)9(7-17-11(13)16)12(3,4)18-8(2)14/h9H,6-7H2,1-5H3/t9-,13-/m0/s1. The Morgan fingerprint density at radius 3 is 2.50 bits per heavy atom. The predicted octanol–water partition coefficient (Wildman–Crippen LogP) is 1.49. The summed E-state index contributed by atoms with van der Waals surface area (Å²) in [5.41, 5.74) is -2.15. The average Bonchev–Trinajstić information content (AvgIpc) is 2.54. The maximum atomic E-state index is 12.0. The minimum atomic E-state index is -1.23. The van der Waals surface area contributed by atoms with E-state index in [9.17, 15) is 14.4 Å². The molecule has 0 spiro atoms. The van der Waals surface area contributed by atoms with Crippen molar-refractivity contribution in [2.75, 3.05) is 6.61 Å². The van der Waals surface area contributed by atoms with Crippen LogP contribution in [0.3, 0.4) is 0 Å². The van der Waals surface area contributed by atoms with Crippen molar-refractivity contribution >= 4 is 17.7 Å². The minimum Gasteiger partial charge on any atom is -0.464 e. The van der Waals surface area contributed by atoms with Gasteiger partial charge in [0.05, 0.1) is 12.5 Å². The van der Waals surface area contributed by atoms with Gasteiger partial charge in [0.15, 0.2) is 0 Å². The monoisotopic (exact) mass is 256 g/mol. The molecule has 1 aliphatic rings. The Balaban J connectivity index is 3.11. The lowest BCUT2D eigenvalue weighted by molar-refractivity contribution is -0.167. The molecule has 1 aliphatic heterocycles. The highest BCUT2D eigenvalue weighted by Gasteiger charge is 2.59. The first-order valence-electron chi connectivity index (χ1n) is 6.06. The van der Waals surface area contributed by atoms with Crippen molar-refractivity contribution in [1.29, 1.82) is 0 Å². The lowest BCUT2D eigenvalue weighted by Gasteiger charge is -2.36. The number of cyclic esters (lactones) is 1. The van der Waals surface area contributed by atoms with E-state index in [0.29, 0.717) is 0 Å². The zero-order chi connectivity index (χ0) is 14.1. The molecule has 5 nitrogen and oxygen atoms in total. The molecular weight excluding hydrogens is 236 g/mol. The number of ether oxygens (including phenoxy) is 2. The summed E-state index contributed by atoms with van der Waals surface area (Å²) >= 11 is 0. The van der Waals surface area contributed by atoms with Crippen molar-refractivity contribution in [3.63, 3.8) is 0 Å². The molecule has 0 aromatic carbocycles. The number of rotatable bonds is 4. The van der Waals surface area contributed by atoms with E-state index in [4.69, 9.17) is 9.47 Å². The normalized spacial score (nSPS) is 27.8. The molecule has 0 N–H and O–H groups in total. The fourth-order valence-electron chi connectivity index (χ4n) is 2.63. The molecule has 0 aromatic rings. The van der Waals surface area contributed by atoms with Crippen LogP contribution in [-0.2, 0) is 23.9 Å². The number of hydrogen-bond donors (Lipinski definition) is 0. The molecule has 0 aromatic heterocycles. The van der Waals surface area contributed by atoms with Crippen LogP contribution in [0.25, 0.3) is 0 Å². The summed E-state index contributed by atoms with van der Waals surface area (Å²) in [6, 6.07) is 0. The maximum absolute atomic E-state index is 12.0. The summed E-state index contributed by atoms with van der Waals surface area (Å²) in [6.45, 7) is 8.07. The highest BCUT2D eigenvalue weighted by atomic mass is 16.6. The van der Waals surface area contributed by atoms with E-state index >= 15 is 0 Å². The first-order valence-corrected chi connectivity index (χ1v) is 6.06. The number of ketones is 1. The average molecular weight is 256 g/mol. The maximum Gasteiger partial charge on any atom is 0.319 e. The van der Waals surface area contributed by atoms with Gasteiger partial charge >= 0.3 is 11.9 Å². The zero-order valence-corrected chi connectivity index (χ0v) is 11.5. The molecule has 1 fully saturated rings. The third-order valence-corrected chi connectivity index (χ3v) is 3.65. The second-order valence-corrected chi connectivity index (χ2v) is 5.33. The highest BCUT2D eigenvalue weighted by molar-refractivity contribution is 6.04. The third-order valence-electron chi connectivity index (χ3n) is 3.65. The molecular formula is C13H20O5. The number of esters is 2. The van der Waals surface area contributed by atoms with E-state index in [1.807, 2.05) is 0 Å². The predicted molar refractivity (Wildman–Crippen MR) is 63.7 cm³/mol. The van der Waals surface area contributed by atoms with Gasteiger partial charge in [-0.25, -0.2) is 0 Å². The van der Waals surface area contributed by atoms with Crippen LogP contribution in [0, 0.1) is 11.3 Å². The SMILES string of the molecule is CCC(=O)[C@@]1(C)C(=O)OC[C@H]1C(C)(C)OC(C)=O. The molecule has 1 saturated heterocycles. The zero-order valence-electron chi connectivity index (χ0n) is 11.5. The summed E-state index contributed by atoms with van der Waals surface area (Å²) in [5, 5.41) is 0. The Morgan fingerprint density at radius 1 is 1.50 bits per heavy atom. The Kier molecular flexibility index (Phi) is 3.84. The molecule has 102 valence electrons. The van der Waals surface area contributed by atoms with Crippen LogP contribution in [0.1, 0.15) is 41.0 Å². The van der Waals surface area contributed by atoms with Crippen LogP contribution >= 0.6 is 0 Å². The Bertz CT molecular complexity index is 385. The second-order valence-electron chi connectivity index (χ2n) is 5.33. The first-order chi connectivity index (χ1) is 8.16. The quantitative estimate of drug-likeness (QED) is 0.563. The number of carbonyl (C=O) groups is 3. The minimum absolute atomic E-state index is 0.0986. The Hall–Kier alpha value is -1.39. The topological polar surface area (TPSA) is 69.7 Å². The lowest BCUT2D eigenvalue weighted by atomic mass is 9.68. The van der Waals surface area contributed by atoms with Crippen LogP contribution in [0.15, 0.2) is 0 Å². The molecule has 1 rings (SSSR count). The summed E-state index contributed by atoms with van der Waals surface area (Å²) in [4.78, 5) is 35.0. The van der Waals surface area contributed by atoms with Crippen LogP contribution in [0.5, 0.6) is 0 Å². The molecule has 0 unspecified atom stereocenters. The molecule has 0 radical (unpaired) electrons. The summed E-state index contributed by atoms with van der Waals surface area (Å²) < 4.78 is 10.3. The van der Waals surface area contributed by atoms with E-state index in [1.165, 1.54) is 6.92 Å². The molecule has 0 aliphatic carbocycles. The van der Waals surface area contributed by atoms with Gasteiger partial charge in [-0.15, -0.1) is 0 Å². The van der Waals surface area contributed by atoms with Gasteiger partial charge in [-0.05, 0) is 20.8 Å². The second kappa shape index (κ2) is 4.71. The highest BCUT2D eigenvalue weighted by Crippen LogP contribution is 2.44. The third kappa shape index (κ3) is 2.26. The van der Waals surface area contributed by atoms with Crippen molar-refractivity contribution in [1.82, 2.24) is 0 Å². The van der Waals surface area contributed by atoms with Gasteiger partial charge in [-0.1, -0.05) is 6.92 Å². The number of carbonyl (C=O) groups excluding carboxylic acids is 3. The summed E-state index contributed by atoms with van der Waals surface area (Å²) in [7, 11) is 0. The molecule has 18 heavy (non-hydrogen) atoms. The fraction of sp³-hybridized carbons (Fsp3) is 0.769. The molecule has 0 bridgehead atoms. The lowest BCUT2D eigenvalue weighted by Crippen LogP contribution is -2.49.